The zero-order valence-electron chi connectivity index (χ0n) is 12.2. The lowest BCUT2D eigenvalue weighted by Gasteiger charge is -2.23. The first-order chi connectivity index (χ1) is 10.2. The third-order valence-corrected chi connectivity index (χ3v) is 4.03. The lowest BCUT2D eigenvalue weighted by Crippen LogP contribution is -2.41. The van der Waals surface area contributed by atoms with E-state index in [1.165, 1.54) is 0 Å². The van der Waals surface area contributed by atoms with Gasteiger partial charge in [-0.25, -0.2) is 4.79 Å². The van der Waals surface area contributed by atoms with Crippen LogP contribution in [0.15, 0.2) is 24.3 Å². The molecule has 0 aromatic heterocycles. The number of nitrogens with zero attached hydrogens (tertiary/aromatic N) is 1. The highest BCUT2D eigenvalue weighted by molar-refractivity contribution is 6.31. The summed E-state index contributed by atoms with van der Waals surface area (Å²) in [5, 5.41) is 12.4. The first-order valence-electron chi connectivity index (χ1n) is 7.61. The summed E-state index contributed by atoms with van der Waals surface area (Å²) in [5.41, 5.74) is 0.987. The zero-order chi connectivity index (χ0) is 15.1. The second kappa shape index (κ2) is 8.25. The highest BCUT2D eigenvalue weighted by atomic mass is 35.5. The Bertz CT molecular complexity index is 463. The average molecular weight is 311 g/mol. The Hall–Kier alpha value is -1.26. The number of hydrogen-bond donors (Lipinski definition) is 2. The Balaban J connectivity index is 1.84. The molecule has 1 aromatic rings. The number of halogens is 1. The van der Waals surface area contributed by atoms with Crippen molar-refractivity contribution in [1.82, 2.24) is 10.2 Å². The van der Waals surface area contributed by atoms with Gasteiger partial charge in [-0.15, -0.1) is 0 Å². The third kappa shape index (κ3) is 5.21. The van der Waals surface area contributed by atoms with Gasteiger partial charge in [0.15, 0.2) is 0 Å². The summed E-state index contributed by atoms with van der Waals surface area (Å²) in [5.74, 6) is 0. The van der Waals surface area contributed by atoms with Crippen LogP contribution < -0.4 is 5.32 Å². The first-order valence-corrected chi connectivity index (χ1v) is 7.99. The molecule has 0 radical (unpaired) electrons. The SMILES string of the molecule is O=C(NCCCCCO)N(Cc1ccccc1Cl)C1CC1. The smallest absolute Gasteiger partial charge is 0.317 e. The molecule has 4 nitrogen and oxygen atoms in total. The fourth-order valence-electron chi connectivity index (χ4n) is 2.27. The largest absolute Gasteiger partial charge is 0.396 e. The van der Waals surface area contributed by atoms with Gasteiger partial charge in [-0.3, -0.25) is 0 Å². The maximum Gasteiger partial charge on any atom is 0.317 e. The number of amides is 2. The molecular formula is C16H23ClN2O2. The minimum atomic E-state index is -0.0126. The second-order valence-electron chi connectivity index (χ2n) is 5.47. The van der Waals surface area contributed by atoms with E-state index in [9.17, 15) is 4.79 Å². The van der Waals surface area contributed by atoms with Gasteiger partial charge in [-0.1, -0.05) is 29.8 Å². The average Bonchev–Trinajstić information content (AvgIpc) is 3.30. The highest BCUT2D eigenvalue weighted by Crippen LogP contribution is 2.29. The van der Waals surface area contributed by atoms with Crippen LogP contribution in [-0.4, -0.2) is 35.2 Å². The van der Waals surface area contributed by atoms with Crippen LogP contribution in [-0.2, 0) is 6.54 Å². The van der Waals surface area contributed by atoms with Crippen molar-refractivity contribution < 1.29 is 9.90 Å². The van der Waals surface area contributed by atoms with Crippen molar-refractivity contribution in [3.63, 3.8) is 0 Å². The minimum Gasteiger partial charge on any atom is -0.396 e. The van der Waals surface area contributed by atoms with Crippen LogP contribution in [0.5, 0.6) is 0 Å². The van der Waals surface area contributed by atoms with Crippen molar-refractivity contribution >= 4 is 17.6 Å². The van der Waals surface area contributed by atoms with Gasteiger partial charge in [-0.05, 0) is 43.7 Å². The monoisotopic (exact) mass is 310 g/mol. The molecule has 0 spiro atoms. The van der Waals surface area contributed by atoms with Crippen LogP contribution in [0.25, 0.3) is 0 Å². The molecule has 0 bridgehead atoms. The van der Waals surface area contributed by atoms with Crippen molar-refractivity contribution in [2.75, 3.05) is 13.2 Å². The quantitative estimate of drug-likeness (QED) is 0.725. The molecule has 0 unspecified atom stereocenters. The molecule has 0 heterocycles. The number of hydrogen-bond acceptors (Lipinski definition) is 2. The number of aliphatic hydroxyl groups excluding tert-OH is 1. The fraction of sp³-hybridized carbons (Fsp3) is 0.562. The Morgan fingerprint density at radius 3 is 2.71 bits per heavy atom. The number of carbonyl (C=O) groups is 1. The van der Waals surface area contributed by atoms with Crippen LogP contribution in [0.1, 0.15) is 37.7 Å². The molecule has 1 saturated carbocycles. The maximum absolute atomic E-state index is 12.3. The number of nitrogens with one attached hydrogen (secondary N) is 1. The number of carbonyl (C=O) groups excluding carboxylic acids is 1. The predicted octanol–water partition coefficient (Wildman–Crippen LogP) is 3.18. The molecular weight excluding hydrogens is 288 g/mol. The summed E-state index contributed by atoms with van der Waals surface area (Å²) in [6, 6.07) is 7.99. The minimum absolute atomic E-state index is 0.0126. The van der Waals surface area contributed by atoms with Crippen molar-refractivity contribution in [2.24, 2.45) is 0 Å². The van der Waals surface area contributed by atoms with Gasteiger partial charge < -0.3 is 15.3 Å². The van der Waals surface area contributed by atoms with Gasteiger partial charge in [0.25, 0.3) is 0 Å². The highest BCUT2D eigenvalue weighted by Gasteiger charge is 2.32. The van der Waals surface area contributed by atoms with E-state index >= 15 is 0 Å². The number of rotatable bonds is 8. The molecule has 2 N–H and O–H groups in total. The lowest BCUT2D eigenvalue weighted by molar-refractivity contribution is 0.191. The Kier molecular flexibility index (Phi) is 6.33. The molecule has 2 rings (SSSR count). The summed E-state index contributed by atoms with van der Waals surface area (Å²) in [7, 11) is 0. The molecule has 1 fully saturated rings. The maximum atomic E-state index is 12.3. The molecule has 116 valence electrons. The summed E-state index contributed by atoms with van der Waals surface area (Å²) in [4.78, 5) is 14.2. The molecule has 0 saturated heterocycles. The van der Waals surface area contributed by atoms with Crippen molar-refractivity contribution in [3.8, 4) is 0 Å². The molecule has 21 heavy (non-hydrogen) atoms. The van der Waals surface area contributed by atoms with Crippen molar-refractivity contribution in [1.29, 1.82) is 0 Å². The zero-order valence-corrected chi connectivity index (χ0v) is 13.0. The molecule has 0 atom stereocenters. The van der Waals surface area contributed by atoms with Crippen LogP contribution in [0.4, 0.5) is 4.79 Å². The Labute approximate surface area is 131 Å². The Morgan fingerprint density at radius 2 is 2.05 bits per heavy atom. The van der Waals surface area contributed by atoms with Crippen molar-refractivity contribution in [2.45, 2.75) is 44.7 Å². The van der Waals surface area contributed by atoms with Crippen LogP contribution in [0.3, 0.4) is 0 Å². The molecule has 1 aliphatic rings. The number of unbranched alkanes of at least 4 members (excludes halogenated alkanes) is 2. The van der Waals surface area contributed by atoms with Gasteiger partial charge in [0.05, 0.1) is 0 Å². The van der Waals surface area contributed by atoms with E-state index in [2.05, 4.69) is 5.32 Å². The molecule has 0 aliphatic heterocycles. The van der Waals surface area contributed by atoms with Crippen LogP contribution >= 0.6 is 11.6 Å². The summed E-state index contributed by atoms with van der Waals surface area (Å²) >= 11 is 6.18. The van der Waals surface area contributed by atoms with Gasteiger partial charge >= 0.3 is 6.03 Å². The normalized spacial score (nSPS) is 14.0. The molecule has 5 heteroatoms. The van der Waals surface area contributed by atoms with Gasteiger partial charge in [-0.2, -0.15) is 0 Å². The van der Waals surface area contributed by atoms with E-state index < -0.39 is 0 Å². The molecule has 1 aromatic carbocycles. The van der Waals surface area contributed by atoms with E-state index in [1.54, 1.807) is 0 Å². The molecule has 2 amide bonds. The Morgan fingerprint density at radius 1 is 1.29 bits per heavy atom. The van der Waals surface area contributed by atoms with Gasteiger partial charge in [0.2, 0.25) is 0 Å². The summed E-state index contributed by atoms with van der Waals surface area (Å²) in [6.07, 6.45) is 4.77. The first kappa shape index (κ1) is 16.1. The van der Waals surface area contributed by atoms with Crippen molar-refractivity contribution in [3.05, 3.63) is 34.9 Å². The van der Waals surface area contributed by atoms with E-state index in [0.29, 0.717) is 24.2 Å². The van der Waals surface area contributed by atoms with E-state index in [-0.39, 0.29) is 12.6 Å². The van der Waals surface area contributed by atoms with E-state index in [0.717, 1.165) is 37.7 Å². The summed E-state index contributed by atoms with van der Waals surface area (Å²) in [6.45, 7) is 1.44. The van der Waals surface area contributed by atoms with Crippen LogP contribution in [0, 0.1) is 0 Å². The standard InChI is InChI=1S/C16H23ClN2O2/c17-15-7-3-2-6-13(15)12-19(14-8-9-14)16(21)18-10-4-1-5-11-20/h2-3,6-7,14,20H,1,4-5,8-12H2,(H,18,21). The summed E-state index contributed by atoms with van der Waals surface area (Å²) < 4.78 is 0. The predicted molar refractivity (Wildman–Crippen MR) is 84.4 cm³/mol. The molecule has 1 aliphatic carbocycles. The van der Waals surface area contributed by atoms with Gasteiger partial charge in [0, 0.05) is 30.8 Å². The fourth-order valence-corrected chi connectivity index (χ4v) is 2.47. The van der Waals surface area contributed by atoms with Gasteiger partial charge in [0.1, 0.15) is 0 Å². The van der Waals surface area contributed by atoms with Crippen LogP contribution in [0.2, 0.25) is 5.02 Å². The third-order valence-electron chi connectivity index (χ3n) is 3.66. The second-order valence-corrected chi connectivity index (χ2v) is 5.87. The number of urea groups is 1. The lowest BCUT2D eigenvalue weighted by atomic mass is 10.2. The number of benzene rings is 1. The van der Waals surface area contributed by atoms with E-state index in [1.807, 2.05) is 29.2 Å². The topological polar surface area (TPSA) is 52.6 Å². The van der Waals surface area contributed by atoms with E-state index in [4.69, 9.17) is 16.7 Å². The number of aliphatic hydroxyl groups is 1.